The summed E-state index contributed by atoms with van der Waals surface area (Å²) in [5, 5.41) is 12.2. The monoisotopic (exact) mass is 372 g/mol. The molecule has 9 heteroatoms. The van der Waals surface area contributed by atoms with Gasteiger partial charge in [0.1, 0.15) is 31.5 Å². The number of aromatic nitrogens is 2. The molecular weight excluding hydrogens is 352 g/mol. The molecule has 4 rings (SSSR count). The van der Waals surface area contributed by atoms with Crippen LogP contribution < -0.4 is 19.5 Å². The second-order valence-electron chi connectivity index (χ2n) is 6.31. The van der Waals surface area contributed by atoms with Gasteiger partial charge in [-0.1, -0.05) is 0 Å². The Morgan fingerprint density at radius 2 is 1.93 bits per heavy atom. The molecule has 1 saturated heterocycles. The number of nitrogens with zero attached hydrogens (tertiary/aromatic N) is 3. The third kappa shape index (κ3) is 4.13. The Bertz CT molecular complexity index is 823. The van der Waals surface area contributed by atoms with Crippen molar-refractivity contribution >= 4 is 17.6 Å². The summed E-state index contributed by atoms with van der Waals surface area (Å²) in [5.41, 5.74) is 0.818. The highest BCUT2D eigenvalue weighted by molar-refractivity contribution is 5.65. The third-order valence-electron chi connectivity index (χ3n) is 4.46. The number of amides is 1. The molecule has 0 radical (unpaired) electrons. The molecule has 1 aromatic heterocycles. The number of nitrogens with one attached hydrogen (secondary N) is 1. The van der Waals surface area contributed by atoms with E-state index in [2.05, 4.69) is 15.3 Å². The topological polar surface area (TPSA) is 106 Å². The highest BCUT2D eigenvalue weighted by atomic mass is 16.6. The Morgan fingerprint density at radius 1 is 1.15 bits per heavy atom. The molecule has 0 saturated carbocycles. The van der Waals surface area contributed by atoms with Gasteiger partial charge in [-0.3, -0.25) is 0 Å². The van der Waals surface area contributed by atoms with Crippen molar-refractivity contribution in [3.05, 3.63) is 30.6 Å². The van der Waals surface area contributed by atoms with Crippen molar-refractivity contribution in [1.82, 2.24) is 14.9 Å². The smallest absolute Gasteiger partial charge is 0.407 e. The molecular formula is C18H20N4O5. The lowest BCUT2D eigenvalue weighted by Gasteiger charge is -2.29. The number of rotatable bonds is 4. The highest BCUT2D eigenvalue weighted by Crippen LogP contribution is 2.33. The maximum Gasteiger partial charge on any atom is 0.407 e. The van der Waals surface area contributed by atoms with Crippen molar-refractivity contribution in [2.24, 2.45) is 0 Å². The van der Waals surface area contributed by atoms with Gasteiger partial charge in [0.15, 0.2) is 11.5 Å². The van der Waals surface area contributed by atoms with Gasteiger partial charge in [0.25, 0.3) is 0 Å². The Morgan fingerprint density at radius 3 is 2.70 bits per heavy atom. The predicted octanol–water partition coefficient (Wildman–Crippen LogP) is 2.51. The van der Waals surface area contributed by atoms with E-state index < -0.39 is 6.09 Å². The molecule has 2 aliphatic rings. The first-order valence-corrected chi connectivity index (χ1v) is 8.80. The van der Waals surface area contributed by atoms with Crippen LogP contribution in [0.25, 0.3) is 0 Å². The molecule has 27 heavy (non-hydrogen) atoms. The lowest BCUT2D eigenvalue weighted by Crippen LogP contribution is -2.41. The minimum absolute atomic E-state index is 0.0577. The minimum atomic E-state index is -0.888. The summed E-state index contributed by atoms with van der Waals surface area (Å²) in [5.74, 6) is 2.48. The van der Waals surface area contributed by atoms with E-state index in [-0.39, 0.29) is 6.10 Å². The van der Waals surface area contributed by atoms with Crippen LogP contribution >= 0.6 is 0 Å². The van der Waals surface area contributed by atoms with Crippen LogP contribution in [0.5, 0.6) is 17.4 Å². The predicted molar refractivity (Wildman–Crippen MR) is 96.0 cm³/mol. The summed E-state index contributed by atoms with van der Waals surface area (Å²) >= 11 is 0. The van der Waals surface area contributed by atoms with E-state index in [1.54, 1.807) is 6.07 Å². The second kappa shape index (κ2) is 7.56. The number of piperidine rings is 1. The lowest BCUT2D eigenvalue weighted by atomic mass is 10.1. The molecule has 142 valence electrons. The molecule has 0 atom stereocenters. The second-order valence-corrected chi connectivity index (χ2v) is 6.31. The quantitative estimate of drug-likeness (QED) is 0.843. The van der Waals surface area contributed by atoms with Gasteiger partial charge in [-0.25, -0.2) is 14.8 Å². The van der Waals surface area contributed by atoms with Gasteiger partial charge in [0, 0.05) is 43.8 Å². The number of carbonyl (C=O) groups is 1. The third-order valence-corrected chi connectivity index (χ3v) is 4.46. The number of hydrogen-bond acceptors (Lipinski definition) is 7. The summed E-state index contributed by atoms with van der Waals surface area (Å²) < 4.78 is 17.0. The zero-order valence-corrected chi connectivity index (χ0v) is 14.6. The fraction of sp³-hybridized carbons (Fsp3) is 0.389. The Hall–Kier alpha value is -3.23. The van der Waals surface area contributed by atoms with E-state index in [1.165, 1.54) is 11.2 Å². The number of likely N-dealkylation sites (tertiary alicyclic amines) is 1. The Kier molecular flexibility index (Phi) is 4.82. The summed E-state index contributed by atoms with van der Waals surface area (Å²) in [7, 11) is 0. The van der Waals surface area contributed by atoms with Crippen molar-refractivity contribution < 1.29 is 24.1 Å². The number of hydrogen-bond donors (Lipinski definition) is 2. The average Bonchev–Trinajstić information content (AvgIpc) is 2.69. The first kappa shape index (κ1) is 17.2. The maximum atomic E-state index is 11.0. The van der Waals surface area contributed by atoms with E-state index in [0.717, 1.165) is 11.4 Å². The van der Waals surface area contributed by atoms with E-state index in [0.29, 0.717) is 56.6 Å². The van der Waals surface area contributed by atoms with Gasteiger partial charge in [-0.2, -0.15) is 0 Å². The zero-order valence-electron chi connectivity index (χ0n) is 14.6. The van der Waals surface area contributed by atoms with Crippen molar-refractivity contribution in [2.45, 2.75) is 18.9 Å². The lowest BCUT2D eigenvalue weighted by molar-refractivity contribution is 0.0870. The number of carboxylic acid groups (broad SMARTS) is 1. The van der Waals surface area contributed by atoms with Gasteiger partial charge in [-0.15, -0.1) is 0 Å². The maximum absolute atomic E-state index is 11.0. The first-order chi connectivity index (χ1) is 13.2. The number of fused-ring (bicyclic) bond motifs is 1. The molecule has 2 aliphatic heterocycles. The van der Waals surface area contributed by atoms with Crippen molar-refractivity contribution in [3.63, 3.8) is 0 Å². The highest BCUT2D eigenvalue weighted by Gasteiger charge is 2.23. The molecule has 2 aromatic rings. The molecule has 1 amide bonds. The molecule has 0 bridgehead atoms. The largest absolute Gasteiger partial charge is 0.486 e. The number of benzene rings is 1. The van der Waals surface area contributed by atoms with Crippen molar-refractivity contribution in [2.75, 3.05) is 31.6 Å². The van der Waals surface area contributed by atoms with Crippen LogP contribution in [0.2, 0.25) is 0 Å². The molecule has 3 heterocycles. The SMILES string of the molecule is O=C(O)N1CCC(Oc2cc(Nc3ccc4c(c3)OCCO4)ncn2)CC1. The normalized spacial score (nSPS) is 16.7. The number of anilines is 2. The van der Waals surface area contributed by atoms with E-state index in [4.69, 9.17) is 19.3 Å². The molecule has 9 nitrogen and oxygen atoms in total. The first-order valence-electron chi connectivity index (χ1n) is 8.80. The van der Waals surface area contributed by atoms with Crippen LogP contribution in [-0.2, 0) is 0 Å². The average molecular weight is 372 g/mol. The van der Waals surface area contributed by atoms with Crippen LogP contribution in [0, 0.1) is 0 Å². The van der Waals surface area contributed by atoms with Gasteiger partial charge in [-0.05, 0) is 12.1 Å². The Balaban J connectivity index is 1.39. The van der Waals surface area contributed by atoms with Crippen LogP contribution in [-0.4, -0.2) is 58.5 Å². The molecule has 1 aromatic carbocycles. The van der Waals surface area contributed by atoms with E-state index in [9.17, 15) is 4.79 Å². The van der Waals surface area contributed by atoms with Crippen LogP contribution in [0.3, 0.4) is 0 Å². The summed E-state index contributed by atoms with van der Waals surface area (Å²) in [6.07, 6.45) is 1.77. The molecule has 0 unspecified atom stereocenters. The van der Waals surface area contributed by atoms with Gasteiger partial charge < -0.3 is 29.5 Å². The van der Waals surface area contributed by atoms with Gasteiger partial charge in [0.2, 0.25) is 5.88 Å². The molecule has 0 aliphatic carbocycles. The van der Waals surface area contributed by atoms with Crippen molar-refractivity contribution in [3.8, 4) is 17.4 Å². The van der Waals surface area contributed by atoms with E-state index in [1.807, 2.05) is 18.2 Å². The summed E-state index contributed by atoms with van der Waals surface area (Å²) in [4.78, 5) is 20.7. The van der Waals surface area contributed by atoms with Crippen molar-refractivity contribution in [1.29, 1.82) is 0 Å². The zero-order chi connectivity index (χ0) is 18.6. The molecule has 0 spiro atoms. The fourth-order valence-corrected chi connectivity index (χ4v) is 3.08. The standard InChI is InChI=1S/C18H20N4O5/c23-18(24)22-5-3-13(4-6-22)27-17-10-16(19-11-20-17)21-12-1-2-14-15(9-12)26-8-7-25-14/h1-2,9-11,13H,3-8H2,(H,23,24)(H,19,20,21). The van der Waals surface area contributed by atoms with Crippen LogP contribution in [0.15, 0.2) is 30.6 Å². The number of ether oxygens (including phenoxy) is 3. The Labute approximate surface area is 155 Å². The molecule has 1 fully saturated rings. The summed E-state index contributed by atoms with van der Waals surface area (Å²) in [6.45, 7) is 2.02. The van der Waals surface area contributed by atoms with Crippen LogP contribution in [0.4, 0.5) is 16.3 Å². The molecule has 2 N–H and O–H groups in total. The fourth-order valence-electron chi connectivity index (χ4n) is 3.08. The van der Waals surface area contributed by atoms with Gasteiger partial charge in [0.05, 0.1) is 0 Å². The van der Waals surface area contributed by atoms with Crippen LogP contribution in [0.1, 0.15) is 12.8 Å². The van der Waals surface area contributed by atoms with E-state index >= 15 is 0 Å². The van der Waals surface area contributed by atoms with Gasteiger partial charge >= 0.3 is 6.09 Å². The summed E-state index contributed by atoms with van der Waals surface area (Å²) in [6, 6.07) is 7.32. The minimum Gasteiger partial charge on any atom is -0.486 e.